The Hall–Kier alpha value is -0.200. The van der Waals surface area contributed by atoms with Gasteiger partial charge in [-0.15, -0.1) is 0 Å². The highest BCUT2D eigenvalue weighted by Crippen LogP contribution is 2.32. The summed E-state index contributed by atoms with van der Waals surface area (Å²) in [5, 5.41) is 37.4. The summed E-state index contributed by atoms with van der Waals surface area (Å²) < 4.78 is 0. The molecule has 5 atom stereocenters. The minimum atomic E-state index is -0.887. The lowest BCUT2D eigenvalue weighted by atomic mass is 10.0. The Bertz CT molecular complexity index is 199. The molecule has 2 aliphatic rings. The molecular formula is C8H15NO4. The van der Waals surface area contributed by atoms with Crippen molar-refractivity contribution in [3.05, 3.63) is 0 Å². The van der Waals surface area contributed by atoms with Crippen LogP contribution in [0.15, 0.2) is 0 Å². The second-order valence-electron chi connectivity index (χ2n) is 3.88. The Morgan fingerprint density at radius 2 is 1.85 bits per heavy atom. The smallest absolute Gasteiger partial charge is 0.0991 e. The van der Waals surface area contributed by atoms with Crippen LogP contribution in [-0.2, 0) is 0 Å². The van der Waals surface area contributed by atoms with E-state index >= 15 is 0 Å². The molecule has 2 rings (SSSR count). The van der Waals surface area contributed by atoms with Crippen molar-refractivity contribution >= 4 is 0 Å². The summed E-state index contributed by atoms with van der Waals surface area (Å²) in [6, 6.07) is -0.612. The Balaban J connectivity index is 2.15. The van der Waals surface area contributed by atoms with Crippen molar-refractivity contribution in [1.29, 1.82) is 0 Å². The van der Waals surface area contributed by atoms with Gasteiger partial charge in [0, 0.05) is 12.6 Å². The molecule has 13 heavy (non-hydrogen) atoms. The molecule has 2 fully saturated rings. The number of aliphatic hydroxyl groups excluding tert-OH is 4. The van der Waals surface area contributed by atoms with Crippen molar-refractivity contribution in [3.8, 4) is 0 Å². The quantitative estimate of drug-likeness (QED) is 0.367. The number of nitrogens with zero attached hydrogens (tertiary/aromatic N) is 1. The van der Waals surface area contributed by atoms with Crippen LogP contribution in [0.5, 0.6) is 0 Å². The van der Waals surface area contributed by atoms with Crippen LogP contribution in [-0.4, -0.2) is 68.9 Å². The summed E-state index contributed by atoms with van der Waals surface area (Å²) in [7, 11) is 0. The van der Waals surface area contributed by atoms with Crippen molar-refractivity contribution in [2.45, 2.75) is 36.8 Å². The van der Waals surface area contributed by atoms with Crippen molar-refractivity contribution in [3.63, 3.8) is 0 Å². The van der Waals surface area contributed by atoms with E-state index in [4.69, 9.17) is 5.11 Å². The summed E-state index contributed by atoms with van der Waals surface area (Å²) in [5.41, 5.74) is 0. The fraction of sp³-hybridized carbons (Fsp3) is 1.00. The lowest BCUT2D eigenvalue weighted by molar-refractivity contribution is 0.00859. The zero-order chi connectivity index (χ0) is 9.59. The lowest BCUT2D eigenvalue weighted by Crippen LogP contribution is -2.40. The molecule has 0 bridgehead atoms. The minimum Gasteiger partial charge on any atom is -0.395 e. The fourth-order valence-corrected chi connectivity index (χ4v) is 2.45. The van der Waals surface area contributed by atoms with Crippen LogP contribution >= 0.6 is 0 Å². The number of hydrogen-bond donors (Lipinski definition) is 4. The third-order valence-electron chi connectivity index (χ3n) is 3.11. The summed E-state index contributed by atoms with van der Waals surface area (Å²) >= 11 is 0. The van der Waals surface area contributed by atoms with Gasteiger partial charge in [-0.25, -0.2) is 0 Å². The second kappa shape index (κ2) is 3.18. The zero-order valence-electron chi connectivity index (χ0n) is 7.24. The van der Waals surface area contributed by atoms with Gasteiger partial charge in [-0.1, -0.05) is 0 Å². The number of rotatable bonds is 1. The van der Waals surface area contributed by atoms with E-state index in [-0.39, 0.29) is 12.6 Å². The largest absolute Gasteiger partial charge is 0.395 e. The maximum absolute atomic E-state index is 9.57. The van der Waals surface area contributed by atoms with E-state index in [0.717, 1.165) is 0 Å². The molecule has 0 saturated carbocycles. The average Bonchev–Trinajstić information content (AvgIpc) is 2.54. The molecular weight excluding hydrogens is 174 g/mol. The highest BCUT2D eigenvalue weighted by molar-refractivity contribution is 5.05. The summed E-state index contributed by atoms with van der Waals surface area (Å²) in [5.74, 6) is 0. The van der Waals surface area contributed by atoms with Gasteiger partial charge in [0.15, 0.2) is 0 Å². The van der Waals surface area contributed by atoms with Crippen LogP contribution in [0.25, 0.3) is 0 Å². The van der Waals surface area contributed by atoms with Crippen molar-refractivity contribution in [2.75, 3.05) is 13.2 Å². The van der Waals surface area contributed by atoms with Gasteiger partial charge < -0.3 is 20.4 Å². The SMILES string of the molecule is OC[C@H]1[C@H](O)[C@@H](O)[C@@H]2C[C@H](O)CN12. The molecule has 5 heteroatoms. The van der Waals surface area contributed by atoms with Crippen LogP contribution < -0.4 is 0 Å². The summed E-state index contributed by atoms with van der Waals surface area (Å²) in [6.45, 7) is 0.255. The van der Waals surface area contributed by atoms with Gasteiger partial charge >= 0.3 is 0 Å². The molecule has 0 aromatic carbocycles. The molecule has 2 heterocycles. The first kappa shape index (κ1) is 9.36. The number of hydrogen-bond acceptors (Lipinski definition) is 5. The first-order valence-corrected chi connectivity index (χ1v) is 4.56. The first-order chi connectivity index (χ1) is 6.15. The highest BCUT2D eigenvalue weighted by Gasteiger charge is 2.51. The average molecular weight is 189 g/mol. The molecule has 2 aliphatic heterocycles. The molecule has 0 aromatic rings. The van der Waals surface area contributed by atoms with E-state index in [0.29, 0.717) is 13.0 Å². The summed E-state index contributed by atoms with van der Waals surface area (Å²) in [4.78, 5) is 1.79. The molecule has 4 N–H and O–H groups in total. The topological polar surface area (TPSA) is 84.2 Å². The standard InChI is InChI=1S/C8H15NO4/c10-3-6-8(13)7(12)5-1-4(11)2-9(5)6/h4-8,10-13H,1-3H2/t4-,5-,6-,7-,8-/m0/s1. The van der Waals surface area contributed by atoms with Crippen LogP contribution in [0.1, 0.15) is 6.42 Å². The molecule has 0 spiro atoms. The number of fused-ring (bicyclic) bond motifs is 1. The van der Waals surface area contributed by atoms with Crippen molar-refractivity contribution in [1.82, 2.24) is 4.90 Å². The maximum Gasteiger partial charge on any atom is 0.0991 e. The Kier molecular flexibility index (Phi) is 2.29. The van der Waals surface area contributed by atoms with Crippen LogP contribution in [0.2, 0.25) is 0 Å². The van der Waals surface area contributed by atoms with Gasteiger partial charge in [-0.05, 0) is 6.42 Å². The van der Waals surface area contributed by atoms with Crippen LogP contribution in [0.4, 0.5) is 0 Å². The lowest BCUT2D eigenvalue weighted by Gasteiger charge is -2.22. The van der Waals surface area contributed by atoms with E-state index in [1.165, 1.54) is 0 Å². The molecule has 0 aromatic heterocycles. The van der Waals surface area contributed by atoms with Gasteiger partial charge in [-0.3, -0.25) is 4.90 Å². The Morgan fingerprint density at radius 1 is 1.15 bits per heavy atom. The van der Waals surface area contributed by atoms with E-state index < -0.39 is 24.4 Å². The van der Waals surface area contributed by atoms with Gasteiger partial charge in [0.05, 0.1) is 31.0 Å². The van der Waals surface area contributed by atoms with Gasteiger partial charge in [-0.2, -0.15) is 0 Å². The predicted molar refractivity (Wildman–Crippen MR) is 44.0 cm³/mol. The third kappa shape index (κ3) is 1.28. The van der Waals surface area contributed by atoms with Gasteiger partial charge in [0.2, 0.25) is 0 Å². The van der Waals surface area contributed by atoms with Gasteiger partial charge in [0.1, 0.15) is 0 Å². The molecule has 5 nitrogen and oxygen atoms in total. The first-order valence-electron chi connectivity index (χ1n) is 4.56. The normalized spacial score (nSPS) is 51.2. The highest BCUT2D eigenvalue weighted by atomic mass is 16.3. The molecule has 0 amide bonds. The Morgan fingerprint density at radius 3 is 2.46 bits per heavy atom. The third-order valence-corrected chi connectivity index (χ3v) is 3.11. The zero-order valence-corrected chi connectivity index (χ0v) is 7.24. The fourth-order valence-electron chi connectivity index (χ4n) is 2.45. The van der Waals surface area contributed by atoms with Crippen LogP contribution in [0.3, 0.4) is 0 Å². The predicted octanol–water partition coefficient (Wildman–Crippen LogP) is -2.48. The van der Waals surface area contributed by atoms with E-state index in [2.05, 4.69) is 0 Å². The van der Waals surface area contributed by atoms with Gasteiger partial charge in [0.25, 0.3) is 0 Å². The van der Waals surface area contributed by atoms with Crippen molar-refractivity contribution < 1.29 is 20.4 Å². The molecule has 76 valence electrons. The maximum atomic E-state index is 9.57. The monoisotopic (exact) mass is 189 g/mol. The van der Waals surface area contributed by atoms with Crippen molar-refractivity contribution in [2.24, 2.45) is 0 Å². The second-order valence-corrected chi connectivity index (χ2v) is 3.88. The molecule has 0 unspecified atom stereocenters. The minimum absolute atomic E-state index is 0.179. The van der Waals surface area contributed by atoms with E-state index in [1.807, 2.05) is 0 Å². The summed E-state index contributed by atoms with van der Waals surface area (Å²) in [6.07, 6.45) is -1.69. The number of aliphatic hydroxyl groups is 4. The van der Waals surface area contributed by atoms with E-state index in [9.17, 15) is 15.3 Å². The van der Waals surface area contributed by atoms with E-state index in [1.54, 1.807) is 4.90 Å². The van der Waals surface area contributed by atoms with Crippen LogP contribution in [0, 0.1) is 0 Å². The molecule has 2 saturated heterocycles. The molecule has 0 aliphatic carbocycles. The Labute approximate surface area is 76.2 Å². The molecule has 0 radical (unpaired) electrons.